The van der Waals surface area contributed by atoms with Gasteiger partial charge in [0.25, 0.3) is 0 Å². The second-order valence-electron chi connectivity index (χ2n) is 20.2. The molecule has 22 nitrogen and oxygen atoms in total. The molecule has 0 radical (unpaired) electrons. The Morgan fingerprint density at radius 2 is 1.11 bits per heavy atom. The lowest BCUT2D eigenvalue weighted by atomic mass is 9.91. The number of aromatic nitrogens is 3. The van der Waals surface area contributed by atoms with Crippen molar-refractivity contribution in [3.05, 3.63) is 126 Å². The van der Waals surface area contributed by atoms with Gasteiger partial charge < -0.3 is 43.9 Å². The van der Waals surface area contributed by atoms with E-state index >= 15 is 0 Å². The van der Waals surface area contributed by atoms with Crippen LogP contribution in [0.2, 0.25) is 0 Å². The zero-order valence-corrected chi connectivity index (χ0v) is 50.3. The number of benzene rings is 4. The lowest BCUT2D eigenvalue weighted by Crippen LogP contribution is -2.34. The Morgan fingerprint density at radius 3 is 1.69 bits per heavy atom. The summed E-state index contributed by atoms with van der Waals surface area (Å²) in [6.07, 6.45) is 3.05. The van der Waals surface area contributed by atoms with Crippen LogP contribution in [0.25, 0.3) is 11.0 Å². The van der Waals surface area contributed by atoms with E-state index in [0.29, 0.717) is 48.0 Å². The zero-order valence-electron chi connectivity index (χ0n) is 49.5. The van der Waals surface area contributed by atoms with Crippen LogP contribution in [0.5, 0.6) is 5.75 Å². The van der Waals surface area contributed by atoms with Gasteiger partial charge in [-0.2, -0.15) is 4.68 Å². The molecule has 5 aromatic rings. The highest BCUT2D eigenvalue weighted by atomic mass is 32.2. The third kappa shape index (κ3) is 22.9. The summed E-state index contributed by atoms with van der Waals surface area (Å²) in [6.45, 7) is 23.9. The van der Waals surface area contributed by atoms with Gasteiger partial charge in [-0.25, -0.2) is 24.0 Å². The molecule has 0 aliphatic rings. The van der Waals surface area contributed by atoms with Gasteiger partial charge in [0.2, 0.25) is 5.78 Å². The number of esters is 5. The lowest BCUT2D eigenvalue weighted by Gasteiger charge is -2.20. The highest BCUT2D eigenvalue weighted by Crippen LogP contribution is 2.31. The fourth-order valence-corrected chi connectivity index (χ4v) is 6.87. The molecule has 5 rings (SSSR count). The van der Waals surface area contributed by atoms with Crippen LogP contribution in [0, 0.1) is 16.2 Å². The molecule has 23 heteroatoms. The largest absolute Gasteiger partial charge is 0.463 e. The molecule has 0 spiro atoms. The van der Waals surface area contributed by atoms with E-state index in [9.17, 15) is 43.2 Å². The maximum absolute atomic E-state index is 12.8. The van der Waals surface area contributed by atoms with E-state index in [-0.39, 0.29) is 80.9 Å². The number of ketones is 1. The van der Waals surface area contributed by atoms with Crippen molar-refractivity contribution in [1.82, 2.24) is 25.6 Å². The van der Waals surface area contributed by atoms with Gasteiger partial charge in [0, 0.05) is 21.4 Å². The maximum Gasteiger partial charge on any atom is 0.407 e. The Kier molecular flexibility index (Phi) is 28.7. The molecule has 0 unspecified atom stereocenters. The SMILES string of the molecule is C=CC(=O)OCCNC(=O)OCCOC(=O)C(C)(C)CC.CCC(C)(C)C(=O)OCCNC(=O)n1nnc2ccccc21.CCCOC(=O)c1ccccc1C(=O)O/N=C(\C)C(=O)c1ccc(Sc2ccc(OC(=O)C(C)(C)CC)cc2)cc1. The number of amides is 2. The number of carbonyl (C=O) groups excluding carboxylic acids is 9. The van der Waals surface area contributed by atoms with E-state index in [1.54, 1.807) is 74.5 Å². The number of oxime groups is 1. The van der Waals surface area contributed by atoms with Crippen LogP contribution in [0.3, 0.4) is 0 Å². The summed E-state index contributed by atoms with van der Waals surface area (Å²) in [7, 11) is 0. The second kappa shape index (κ2) is 34.7. The number of nitrogens with zero attached hydrogens (tertiary/aromatic N) is 4. The molecular weight excluding hydrogens is 1100 g/mol. The van der Waals surface area contributed by atoms with Gasteiger partial charge in [-0.1, -0.05) is 80.7 Å². The van der Waals surface area contributed by atoms with Crippen LogP contribution in [0.1, 0.15) is 133 Å². The molecule has 0 aliphatic heterocycles. The molecule has 2 N–H and O–H groups in total. The summed E-state index contributed by atoms with van der Waals surface area (Å²) >= 11 is 1.49. The van der Waals surface area contributed by atoms with Gasteiger partial charge in [-0.3, -0.25) is 19.2 Å². The van der Waals surface area contributed by atoms with Crippen LogP contribution in [0.4, 0.5) is 9.59 Å². The molecule has 1 aromatic heterocycles. The fraction of sp³-hybridized carbons (Fsp3) is 0.410. The van der Waals surface area contributed by atoms with Crippen LogP contribution in [0.15, 0.2) is 125 Å². The molecule has 0 bridgehead atoms. The number of hydrogen-bond donors (Lipinski definition) is 2. The minimum atomic E-state index is -0.872. The first kappa shape index (κ1) is 69.5. The van der Waals surface area contributed by atoms with Crippen LogP contribution < -0.4 is 15.4 Å². The number of alkyl carbamates (subject to hydrolysis) is 1. The van der Waals surface area contributed by atoms with Gasteiger partial charge in [0.05, 0.1) is 52.6 Å². The Labute approximate surface area is 493 Å². The summed E-state index contributed by atoms with van der Waals surface area (Å²) < 4.78 is 31.4. The third-order valence-corrected chi connectivity index (χ3v) is 13.6. The van der Waals surface area contributed by atoms with E-state index < -0.39 is 52.1 Å². The molecule has 0 aliphatic carbocycles. The molecule has 4 aromatic carbocycles. The minimum Gasteiger partial charge on any atom is -0.463 e. The van der Waals surface area contributed by atoms with Crippen molar-refractivity contribution in [1.29, 1.82) is 0 Å². The maximum atomic E-state index is 12.8. The van der Waals surface area contributed by atoms with Crippen molar-refractivity contribution in [3.63, 3.8) is 0 Å². The van der Waals surface area contributed by atoms with Crippen LogP contribution in [-0.2, 0) is 47.7 Å². The van der Waals surface area contributed by atoms with Gasteiger partial charge >= 0.3 is 47.9 Å². The minimum absolute atomic E-state index is 0.00112. The van der Waals surface area contributed by atoms with Gasteiger partial charge in [-0.15, -0.1) is 5.10 Å². The van der Waals surface area contributed by atoms with Gasteiger partial charge in [0.1, 0.15) is 43.4 Å². The van der Waals surface area contributed by atoms with Crippen molar-refractivity contribution in [2.75, 3.05) is 46.1 Å². The van der Waals surface area contributed by atoms with E-state index in [2.05, 4.69) is 37.4 Å². The summed E-state index contributed by atoms with van der Waals surface area (Å²) in [5, 5.41) is 16.4. The summed E-state index contributed by atoms with van der Waals surface area (Å²) in [5.41, 5.74) is 0.0787. The predicted octanol–water partition coefficient (Wildman–Crippen LogP) is 10.6. The average molecular weight is 1180 g/mol. The summed E-state index contributed by atoms with van der Waals surface area (Å²) in [5.74, 6) is -2.86. The molecule has 1 heterocycles. The van der Waals surface area contributed by atoms with Crippen molar-refractivity contribution in [2.45, 2.75) is 112 Å². The quantitative estimate of drug-likeness (QED) is 0.00599. The monoisotopic (exact) mass is 1180 g/mol. The number of nitrogens with one attached hydrogen (secondary N) is 2. The fourth-order valence-electron chi connectivity index (χ4n) is 6.06. The molecular formula is C61H76N6O16S. The average Bonchev–Trinajstić information content (AvgIpc) is 4.08. The number of carbonyl (C=O) groups is 9. The molecule has 0 saturated carbocycles. The summed E-state index contributed by atoms with van der Waals surface area (Å²) in [4.78, 5) is 114. The van der Waals surface area contributed by atoms with Gasteiger partial charge in [-0.05, 0) is 147 Å². The number of ether oxygens (including phenoxy) is 6. The number of para-hydroxylation sites is 1. The van der Waals surface area contributed by atoms with E-state index in [4.69, 9.17) is 28.5 Å². The molecule has 0 atom stereocenters. The normalized spacial score (nSPS) is 11.2. The Hall–Kier alpha value is -8.73. The van der Waals surface area contributed by atoms with Crippen molar-refractivity contribution in [2.24, 2.45) is 21.4 Å². The topological polar surface area (TPSA) is 285 Å². The zero-order chi connectivity index (χ0) is 62.5. The number of fused-ring (bicyclic) bond motifs is 1. The smallest absolute Gasteiger partial charge is 0.407 e. The highest BCUT2D eigenvalue weighted by molar-refractivity contribution is 7.99. The van der Waals surface area contributed by atoms with E-state index in [1.165, 1.54) is 35.5 Å². The first-order valence-corrected chi connectivity index (χ1v) is 28.0. The molecule has 452 valence electrons. The predicted molar refractivity (Wildman–Crippen MR) is 313 cm³/mol. The molecule has 84 heavy (non-hydrogen) atoms. The van der Waals surface area contributed by atoms with Gasteiger partial charge in [0.15, 0.2) is 0 Å². The number of rotatable bonds is 26. The Bertz CT molecular complexity index is 3080. The van der Waals surface area contributed by atoms with Crippen molar-refractivity contribution < 1.29 is 76.4 Å². The first-order chi connectivity index (χ1) is 39.8. The number of Topliss-reactive ketones (excluding diaryl/α,β-unsaturated/α-hetero) is 1. The Balaban J connectivity index is 0.000000363. The Morgan fingerprint density at radius 1 is 0.595 bits per heavy atom. The standard InChI is InChI=1S/C32H33NO7S.C15H20N4O3.C14H23NO6/c1-6-20-38-29(35)26-10-8-9-11-27(26)30(36)40-33-21(3)28(34)22-12-16-24(17-13-22)41-25-18-14-23(15-19-25)39-31(37)32(4,5)7-2;1-4-15(2,3)13(20)22-10-9-16-14(21)19-12-8-6-5-7-11(12)17-18-19;1-5-11(16)19-8-7-15-13(18)21-10-9-20-12(17)14(3,4)6-2/h8-19H,6-7,20H2,1-5H3;5-8H,4,9-10H2,1-3H3,(H,16,21);5H,1,6-10H2,2-4H3,(H,15,18)/b33-21+;;. The first-order valence-electron chi connectivity index (χ1n) is 27.1. The van der Waals surface area contributed by atoms with E-state index in [1.807, 2.05) is 79.7 Å². The second-order valence-corrected chi connectivity index (χ2v) is 21.3. The summed E-state index contributed by atoms with van der Waals surface area (Å²) in [6, 6.07) is 27.0. The number of hydrogen-bond acceptors (Lipinski definition) is 20. The van der Waals surface area contributed by atoms with Crippen LogP contribution >= 0.6 is 11.8 Å². The molecule has 0 saturated heterocycles. The molecule has 0 fully saturated rings. The highest BCUT2D eigenvalue weighted by Gasteiger charge is 2.29. The lowest BCUT2D eigenvalue weighted by molar-refractivity contribution is -0.155. The van der Waals surface area contributed by atoms with Crippen molar-refractivity contribution in [3.8, 4) is 5.75 Å². The van der Waals surface area contributed by atoms with E-state index in [0.717, 1.165) is 15.9 Å². The van der Waals surface area contributed by atoms with Crippen molar-refractivity contribution >= 4 is 82.2 Å². The third-order valence-electron chi connectivity index (χ3n) is 12.6. The molecule has 2 amide bonds. The van der Waals surface area contributed by atoms with Crippen LogP contribution in [-0.4, -0.2) is 121 Å².